The van der Waals surface area contributed by atoms with E-state index < -0.39 is 82.7 Å². The average Bonchev–Trinajstić information content (AvgIpc) is 3.42. The number of carbonyl (C=O) groups excluding carboxylic acids is 5. The van der Waals surface area contributed by atoms with Gasteiger partial charge < -0.3 is 29.8 Å². The van der Waals surface area contributed by atoms with Gasteiger partial charge in [0, 0.05) is 24.4 Å². The number of amides is 5. The maximum Gasteiger partial charge on any atom is 0.416 e. The van der Waals surface area contributed by atoms with Crippen LogP contribution in [0.25, 0.3) is 0 Å². The largest absolute Gasteiger partial charge is 0.444 e. The van der Waals surface area contributed by atoms with Crippen molar-refractivity contribution in [3.05, 3.63) is 77.1 Å². The van der Waals surface area contributed by atoms with E-state index in [0.717, 1.165) is 24.6 Å². The van der Waals surface area contributed by atoms with Gasteiger partial charge in [-0.3, -0.25) is 19.3 Å². The highest BCUT2D eigenvalue weighted by molar-refractivity contribution is 5.98. The number of nitrogens with zero attached hydrogens (tertiary/aromatic N) is 2. The summed E-state index contributed by atoms with van der Waals surface area (Å²) in [7, 11) is 0. The van der Waals surface area contributed by atoms with Gasteiger partial charge in [0.1, 0.15) is 35.1 Å². The zero-order chi connectivity index (χ0) is 40.4. The third-order valence-electron chi connectivity index (χ3n) is 10.2. The van der Waals surface area contributed by atoms with Crippen LogP contribution < -0.4 is 21.0 Å². The molecule has 1 saturated carbocycles. The molecule has 56 heavy (non-hydrogen) atoms. The predicted octanol–water partition coefficient (Wildman–Crippen LogP) is 5.66. The number of allylic oxidation sites excluding steroid dienone is 1. The smallest absolute Gasteiger partial charge is 0.416 e. The highest BCUT2D eigenvalue weighted by Gasteiger charge is 2.61. The van der Waals surface area contributed by atoms with Crippen molar-refractivity contribution in [2.45, 2.75) is 114 Å². The SMILES string of the molecule is CC(C)(C)OC(=O)N[C@H]1CCCCCC=C[C@@H]2C[C@@]2(C(=O)NOc2cccc(C(F)(F)F)c2)NC(=O)[C@@H]2C[C@@H](OC(=O)N3Cc4cccc(F)c4C3)CN2C1=O. The van der Waals surface area contributed by atoms with Gasteiger partial charge in [0.15, 0.2) is 5.75 Å². The predicted molar refractivity (Wildman–Crippen MR) is 191 cm³/mol. The second kappa shape index (κ2) is 16.0. The summed E-state index contributed by atoms with van der Waals surface area (Å²) >= 11 is 0. The molecular weight excluding hydrogens is 742 g/mol. The molecule has 0 aromatic heterocycles. The molecule has 3 N–H and O–H groups in total. The molecule has 17 heteroatoms. The maximum atomic E-state index is 14.4. The fourth-order valence-corrected chi connectivity index (χ4v) is 7.27. The van der Waals surface area contributed by atoms with Crippen LogP contribution in [0.4, 0.5) is 27.2 Å². The minimum absolute atomic E-state index is 0.0306. The Balaban J connectivity index is 1.24. The third-order valence-corrected chi connectivity index (χ3v) is 10.2. The molecule has 4 aliphatic rings. The van der Waals surface area contributed by atoms with Crippen LogP contribution in [-0.2, 0) is 43.1 Å². The van der Waals surface area contributed by atoms with Gasteiger partial charge >= 0.3 is 18.4 Å². The number of hydroxylamine groups is 1. The minimum atomic E-state index is -4.65. The van der Waals surface area contributed by atoms with Gasteiger partial charge in [0.2, 0.25) is 11.8 Å². The lowest BCUT2D eigenvalue weighted by molar-refractivity contribution is -0.142. The van der Waals surface area contributed by atoms with Crippen molar-refractivity contribution in [1.29, 1.82) is 0 Å². The van der Waals surface area contributed by atoms with E-state index in [1.165, 1.54) is 21.9 Å². The molecule has 5 atom stereocenters. The number of hydrogen-bond acceptors (Lipinski definition) is 8. The number of halogens is 4. The molecule has 2 aromatic carbocycles. The molecule has 2 aromatic rings. The highest BCUT2D eigenvalue weighted by Crippen LogP contribution is 2.46. The van der Waals surface area contributed by atoms with Crippen LogP contribution in [0.3, 0.4) is 0 Å². The van der Waals surface area contributed by atoms with Crippen molar-refractivity contribution in [1.82, 2.24) is 25.9 Å². The number of alkyl carbamates (subject to hydrolysis) is 1. The van der Waals surface area contributed by atoms with Crippen molar-refractivity contribution in [3.63, 3.8) is 0 Å². The molecule has 2 fully saturated rings. The van der Waals surface area contributed by atoms with Gasteiger partial charge in [0.25, 0.3) is 5.91 Å². The van der Waals surface area contributed by atoms with E-state index >= 15 is 0 Å². The molecule has 1 saturated heterocycles. The first-order valence-electron chi connectivity index (χ1n) is 18.6. The zero-order valence-electron chi connectivity index (χ0n) is 31.2. The molecule has 1 aliphatic carbocycles. The molecule has 3 aliphatic heterocycles. The Labute approximate surface area is 321 Å². The molecular formula is C39H45F4N5O8. The Bertz CT molecular complexity index is 1880. The summed E-state index contributed by atoms with van der Waals surface area (Å²) in [6.45, 7) is 4.86. The number of nitrogens with one attached hydrogen (secondary N) is 3. The van der Waals surface area contributed by atoms with Crippen molar-refractivity contribution < 1.29 is 55.8 Å². The van der Waals surface area contributed by atoms with Gasteiger partial charge in [-0.15, -0.1) is 0 Å². The number of hydrogen-bond donors (Lipinski definition) is 3. The Kier molecular flexibility index (Phi) is 11.5. The van der Waals surface area contributed by atoms with Crippen LogP contribution in [-0.4, -0.2) is 75.6 Å². The number of alkyl halides is 3. The average molecular weight is 788 g/mol. The van der Waals surface area contributed by atoms with Crippen LogP contribution >= 0.6 is 0 Å². The first kappa shape index (κ1) is 40.3. The summed E-state index contributed by atoms with van der Waals surface area (Å²) in [4.78, 5) is 76.4. The number of ether oxygens (including phenoxy) is 2. The summed E-state index contributed by atoms with van der Waals surface area (Å²) in [5.41, 5.74) is -0.261. The van der Waals surface area contributed by atoms with Gasteiger partial charge in [0.05, 0.1) is 18.7 Å². The molecule has 302 valence electrons. The standard InChI is InChI=1S/C39H45F4N5O8/c1-37(2,3)55-35(52)44-30-16-8-6-4-5-7-12-25-19-38(25,34(51)46-56-26-14-10-13-24(17-26)39(41,42)43)45-32(49)31-18-27(21-48(31)33(30)50)54-36(53)47-20-23-11-9-15-29(40)28(23)22-47/h7,9-15,17,25,27,30-31H,4-6,8,16,18-22H2,1-3H3,(H,44,52)(H,45,49)(H,46,51)/t25-,27-,30+,31+,38-/m1/s1. The van der Waals surface area contributed by atoms with E-state index in [-0.39, 0.29) is 44.6 Å². The molecule has 0 bridgehead atoms. The van der Waals surface area contributed by atoms with Gasteiger partial charge in [-0.05, 0) is 76.3 Å². The summed E-state index contributed by atoms with van der Waals surface area (Å²) in [5.74, 6) is -3.47. The molecule has 3 heterocycles. The summed E-state index contributed by atoms with van der Waals surface area (Å²) in [6.07, 6.45) is -0.861. The van der Waals surface area contributed by atoms with Gasteiger partial charge in [-0.25, -0.2) is 14.0 Å². The molecule has 0 unspecified atom stereocenters. The van der Waals surface area contributed by atoms with Crippen LogP contribution in [0, 0.1) is 11.7 Å². The summed E-state index contributed by atoms with van der Waals surface area (Å²) < 4.78 is 65.6. The number of benzene rings is 2. The van der Waals surface area contributed by atoms with Crippen LogP contribution in [0.2, 0.25) is 0 Å². The van der Waals surface area contributed by atoms with Crippen LogP contribution in [0.5, 0.6) is 5.75 Å². The topological polar surface area (TPSA) is 156 Å². The first-order valence-corrected chi connectivity index (χ1v) is 18.6. The van der Waals surface area contributed by atoms with Crippen molar-refractivity contribution >= 4 is 29.9 Å². The molecule has 0 radical (unpaired) electrons. The molecule has 6 rings (SSSR count). The monoisotopic (exact) mass is 787 g/mol. The normalized spacial score (nSPS) is 25.4. The maximum absolute atomic E-state index is 14.4. The van der Waals surface area contributed by atoms with Crippen molar-refractivity contribution in [3.8, 4) is 5.75 Å². The zero-order valence-corrected chi connectivity index (χ0v) is 31.2. The van der Waals surface area contributed by atoms with E-state index in [9.17, 15) is 41.5 Å². The molecule has 5 amide bonds. The fourth-order valence-electron chi connectivity index (χ4n) is 7.27. The number of rotatable bonds is 5. The van der Waals surface area contributed by atoms with Gasteiger partial charge in [-0.2, -0.15) is 18.7 Å². The molecule has 13 nitrogen and oxygen atoms in total. The second-order valence-electron chi connectivity index (χ2n) is 15.6. The quantitative estimate of drug-likeness (QED) is 0.199. The van der Waals surface area contributed by atoms with Crippen molar-refractivity contribution in [2.24, 2.45) is 5.92 Å². The fraction of sp³-hybridized carbons (Fsp3) is 0.513. The first-order chi connectivity index (χ1) is 26.4. The van der Waals surface area contributed by atoms with E-state index in [2.05, 4.69) is 16.1 Å². The summed E-state index contributed by atoms with van der Waals surface area (Å²) in [6, 6.07) is 6.09. The second-order valence-corrected chi connectivity index (χ2v) is 15.6. The lowest BCUT2D eigenvalue weighted by atomic mass is 10.0. The number of carbonyl (C=O) groups is 5. The van der Waals surface area contributed by atoms with E-state index in [1.807, 2.05) is 6.08 Å². The van der Waals surface area contributed by atoms with E-state index in [0.29, 0.717) is 30.4 Å². The Morgan fingerprint density at radius 1 is 1.00 bits per heavy atom. The van der Waals surface area contributed by atoms with Crippen molar-refractivity contribution in [2.75, 3.05) is 6.54 Å². The van der Waals surface area contributed by atoms with Gasteiger partial charge in [-0.1, -0.05) is 43.2 Å². The molecule has 0 spiro atoms. The lowest BCUT2D eigenvalue weighted by Gasteiger charge is -2.30. The Morgan fingerprint density at radius 2 is 1.77 bits per heavy atom. The Hall–Kier alpha value is -5.35. The van der Waals surface area contributed by atoms with E-state index in [1.54, 1.807) is 39.0 Å². The lowest BCUT2D eigenvalue weighted by Crippen LogP contribution is -2.58. The van der Waals surface area contributed by atoms with Crippen LogP contribution in [0.15, 0.2) is 54.6 Å². The number of fused-ring (bicyclic) bond motifs is 3. The minimum Gasteiger partial charge on any atom is -0.444 e. The van der Waals surface area contributed by atoms with Crippen LogP contribution in [0.1, 0.15) is 82.4 Å². The summed E-state index contributed by atoms with van der Waals surface area (Å²) in [5, 5.41) is 5.42. The third kappa shape index (κ3) is 9.36. The Morgan fingerprint density at radius 3 is 2.50 bits per heavy atom. The highest BCUT2D eigenvalue weighted by atomic mass is 19.4. The van der Waals surface area contributed by atoms with E-state index in [4.69, 9.17) is 14.3 Å².